The Bertz CT molecular complexity index is 1400. The van der Waals surface area contributed by atoms with Gasteiger partial charge in [0.1, 0.15) is 5.52 Å². The molecule has 7 nitrogen and oxygen atoms in total. The van der Waals surface area contributed by atoms with Gasteiger partial charge < -0.3 is 24.6 Å². The fourth-order valence-corrected chi connectivity index (χ4v) is 7.29. The third-order valence-electron chi connectivity index (χ3n) is 9.03. The Morgan fingerprint density at radius 3 is 2.62 bits per heavy atom. The summed E-state index contributed by atoms with van der Waals surface area (Å²) in [5, 5.41) is 14.7. The van der Waals surface area contributed by atoms with Gasteiger partial charge in [-0.15, -0.1) is 0 Å². The Morgan fingerprint density at radius 1 is 1.13 bits per heavy atom. The van der Waals surface area contributed by atoms with Crippen LogP contribution in [0.25, 0.3) is 11.1 Å². The predicted molar refractivity (Wildman–Crippen MR) is 156 cm³/mol. The van der Waals surface area contributed by atoms with Crippen LogP contribution in [-0.4, -0.2) is 53.2 Å². The number of aliphatic carboxylic acids is 1. The van der Waals surface area contributed by atoms with Gasteiger partial charge in [0.05, 0.1) is 22.2 Å². The zero-order valence-corrected chi connectivity index (χ0v) is 24.4. The second-order valence-electron chi connectivity index (χ2n) is 11.8. The molecule has 0 amide bonds. The number of oxazole rings is 1. The summed E-state index contributed by atoms with van der Waals surface area (Å²) in [5.74, 6) is 0.540. The van der Waals surface area contributed by atoms with E-state index < -0.39 is 11.4 Å². The lowest BCUT2D eigenvalue weighted by molar-refractivity contribution is -0.158. The Kier molecular flexibility index (Phi) is 7.15. The lowest BCUT2D eigenvalue weighted by Crippen LogP contribution is -2.58. The molecule has 3 fully saturated rings. The van der Waals surface area contributed by atoms with Crippen LogP contribution < -0.4 is 10.2 Å². The summed E-state index contributed by atoms with van der Waals surface area (Å²) in [6, 6.07) is 10.1. The number of nitrogens with one attached hydrogen (secondary N) is 1. The molecule has 1 saturated carbocycles. The highest BCUT2D eigenvalue weighted by Gasteiger charge is 2.49. The number of likely N-dealkylation sites (tertiary alicyclic amines) is 1. The number of halogens is 3. The third-order valence-corrected chi connectivity index (χ3v) is 9.90. The van der Waals surface area contributed by atoms with E-state index in [1.807, 2.05) is 38.1 Å². The molecule has 0 radical (unpaired) electrons. The molecular formula is C29H33Cl3N4O3. The van der Waals surface area contributed by atoms with Crippen LogP contribution in [0.4, 0.5) is 11.7 Å². The smallest absolute Gasteiger partial charge is 0.309 e. The standard InChI is InChI=1S/C29H33Cl3N4O3/c1-16(21-6-5-19(30)10-23(21)32)33-25-22(31)7-8-24-26(25)39-28(34-24)36-14-18(15-36)17-4-3-9-35(13-17)20-11-29(2,12-20)27(37)38/h5-8,10,16-18,20,33H,3-4,9,11-15H2,1-2H3,(H,37,38)/t16-,17+,20?,29?/m1/s1. The monoisotopic (exact) mass is 590 g/mol. The number of piperidine rings is 1. The van der Waals surface area contributed by atoms with Gasteiger partial charge in [-0.2, -0.15) is 4.98 Å². The van der Waals surface area contributed by atoms with Crippen molar-refractivity contribution in [3.63, 3.8) is 0 Å². The summed E-state index contributed by atoms with van der Waals surface area (Å²) in [4.78, 5) is 21.0. The highest BCUT2D eigenvalue weighted by Crippen LogP contribution is 2.46. The van der Waals surface area contributed by atoms with Gasteiger partial charge in [0.15, 0.2) is 5.58 Å². The van der Waals surface area contributed by atoms with Gasteiger partial charge in [0.25, 0.3) is 6.01 Å². The average Bonchev–Trinajstić information content (AvgIpc) is 3.27. The second-order valence-corrected chi connectivity index (χ2v) is 13.0. The van der Waals surface area contributed by atoms with Crippen molar-refractivity contribution in [2.75, 3.05) is 36.4 Å². The van der Waals surface area contributed by atoms with Crippen molar-refractivity contribution in [1.29, 1.82) is 0 Å². The number of nitrogens with zero attached hydrogens (tertiary/aromatic N) is 3. The van der Waals surface area contributed by atoms with Gasteiger partial charge in [0.2, 0.25) is 0 Å². The summed E-state index contributed by atoms with van der Waals surface area (Å²) >= 11 is 19.1. The van der Waals surface area contributed by atoms with Crippen molar-refractivity contribution in [3.8, 4) is 0 Å². The zero-order valence-electron chi connectivity index (χ0n) is 22.1. The largest absolute Gasteiger partial charge is 0.481 e. The molecule has 6 rings (SSSR count). The second kappa shape index (κ2) is 10.3. The Balaban J connectivity index is 1.11. The minimum absolute atomic E-state index is 0.127. The molecule has 0 bridgehead atoms. The van der Waals surface area contributed by atoms with Crippen LogP contribution in [0, 0.1) is 17.3 Å². The number of carboxylic acids is 1. The maximum absolute atomic E-state index is 11.5. The first-order chi connectivity index (χ1) is 18.6. The molecule has 0 unspecified atom stereocenters. The third kappa shape index (κ3) is 5.08. The Hall–Kier alpha value is -2.19. The number of carboxylic acid groups (broad SMARTS) is 1. The fourth-order valence-electron chi connectivity index (χ4n) is 6.51. The average molecular weight is 592 g/mol. The maximum atomic E-state index is 11.5. The van der Waals surface area contributed by atoms with Crippen LogP contribution in [0.1, 0.15) is 51.1 Å². The van der Waals surface area contributed by atoms with E-state index in [4.69, 9.17) is 44.2 Å². The minimum atomic E-state index is -0.664. The van der Waals surface area contributed by atoms with Crippen LogP contribution in [-0.2, 0) is 4.79 Å². The van der Waals surface area contributed by atoms with Crippen molar-refractivity contribution in [3.05, 3.63) is 51.0 Å². The normalized spacial score (nSPS) is 26.7. The SMILES string of the molecule is C[C@@H](Nc1c(Cl)ccc2nc(N3CC([C@H]4CCCN(C5CC(C)(C(=O)O)C5)C4)C3)oc12)c1ccc(Cl)cc1Cl. The van der Waals surface area contributed by atoms with Crippen LogP contribution in [0.15, 0.2) is 34.7 Å². The van der Waals surface area contributed by atoms with E-state index in [0.717, 1.165) is 50.1 Å². The van der Waals surface area contributed by atoms with E-state index in [1.54, 1.807) is 6.07 Å². The molecule has 0 spiro atoms. The minimum Gasteiger partial charge on any atom is -0.481 e. The lowest BCUT2D eigenvalue weighted by atomic mass is 9.65. The Labute approximate surface area is 243 Å². The number of aromatic nitrogens is 1. The van der Waals surface area contributed by atoms with E-state index in [-0.39, 0.29) is 6.04 Å². The van der Waals surface area contributed by atoms with Crippen molar-refractivity contribution in [2.24, 2.45) is 17.3 Å². The number of fused-ring (bicyclic) bond motifs is 1. The van der Waals surface area contributed by atoms with Crippen LogP contribution in [0.5, 0.6) is 0 Å². The molecule has 2 aromatic carbocycles. The first kappa shape index (κ1) is 27.0. The highest BCUT2D eigenvalue weighted by molar-refractivity contribution is 6.35. The number of hydrogen-bond donors (Lipinski definition) is 2. The van der Waals surface area contributed by atoms with E-state index >= 15 is 0 Å². The zero-order chi connectivity index (χ0) is 27.5. The van der Waals surface area contributed by atoms with Gasteiger partial charge in [-0.3, -0.25) is 4.79 Å². The maximum Gasteiger partial charge on any atom is 0.309 e. The van der Waals surface area contributed by atoms with Crippen LogP contribution >= 0.6 is 34.8 Å². The van der Waals surface area contributed by atoms with Gasteiger partial charge in [-0.1, -0.05) is 40.9 Å². The molecule has 3 heterocycles. The van der Waals surface area contributed by atoms with Crippen molar-refractivity contribution in [1.82, 2.24) is 9.88 Å². The summed E-state index contributed by atoms with van der Waals surface area (Å²) in [6.45, 7) is 7.85. The van der Waals surface area contributed by atoms with Gasteiger partial charge in [-0.25, -0.2) is 0 Å². The fraction of sp³-hybridized carbons (Fsp3) is 0.517. The molecule has 10 heteroatoms. The molecule has 1 aliphatic carbocycles. The molecule has 3 aliphatic rings. The van der Waals surface area contributed by atoms with Crippen LogP contribution in [0.2, 0.25) is 15.1 Å². The van der Waals surface area contributed by atoms with Gasteiger partial charge >= 0.3 is 5.97 Å². The molecule has 2 saturated heterocycles. The molecule has 39 heavy (non-hydrogen) atoms. The lowest BCUT2D eigenvalue weighted by Gasteiger charge is -2.52. The van der Waals surface area contributed by atoms with Gasteiger partial charge in [-0.05, 0) is 87.7 Å². The summed E-state index contributed by atoms with van der Waals surface area (Å²) in [5.41, 5.74) is 2.45. The van der Waals surface area contributed by atoms with Gasteiger partial charge in [0, 0.05) is 35.7 Å². The Morgan fingerprint density at radius 2 is 1.90 bits per heavy atom. The summed E-state index contributed by atoms with van der Waals surface area (Å²) < 4.78 is 6.28. The van der Waals surface area contributed by atoms with E-state index in [2.05, 4.69) is 15.1 Å². The first-order valence-electron chi connectivity index (χ1n) is 13.6. The first-order valence-corrected chi connectivity index (χ1v) is 14.8. The number of anilines is 2. The molecule has 1 aromatic heterocycles. The van der Waals surface area contributed by atoms with Crippen molar-refractivity contribution in [2.45, 2.75) is 51.6 Å². The highest BCUT2D eigenvalue weighted by atomic mass is 35.5. The molecule has 2 aliphatic heterocycles. The van der Waals surface area contributed by atoms with Crippen LogP contribution in [0.3, 0.4) is 0 Å². The summed E-state index contributed by atoms with van der Waals surface area (Å²) in [7, 11) is 0. The molecular weight excluding hydrogens is 559 g/mol. The summed E-state index contributed by atoms with van der Waals surface area (Å²) in [6.07, 6.45) is 3.92. The topological polar surface area (TPSA) is 81.8 Å². The molecule has 2 N–H and O–H groups in total. The number of benzene rings is 2. The van der Waals surface area contributed by atoms with Crippen molar-refractivity contribution >= 4 is 63.6 Å². The van der Waals surface area contributed by atoms with E-state index in [9.17, 15) is 9.90 Å². The van der Waals surface area contributed by atoms with E-state index in [0.29, 0.717) is 50.2 Å². The predicted octanol–water partition coefficient (Wildman–Crippen LogP) is 7.36. The number of rotatable bonds is 7. The number of hydrogen-bond acceptors (Lipinski definition) is 6. The van der Waals surface area contributed by atoms with E-state index in [1.165, 1.54) is 12.8 Å². The molecule has 2 atom stereocenters. The number of carbonyl (C=O) groups is 1. The quantitative estimate of drug-likeness (QED) is 0.297. The molecule has 208 valence electrons. The molecule has 3 aromatic rings. The van der Waals surface area contributed by atoms with Crippen molar-refractivity contribution < 1.29 is 14.3 Å².